The SMILES string of the molecule is Cn1nnnc1-n1c(OCc2cccc(NC(=O)Cc3ccccc3)n2)nc2ccccc21. The number of rotatable bonds is 7. The van der Waals surface area contributed by atoms with E-state index in [0.29, 0.717) is 23.5 Å². The van der Waals surface area contributed by atoms with Crippen LogP contribution in [0, 0.1) is 0 Å². The zero-order chi connectivity index (χ0) is 22.6. The van der Waals surface area contributed by atoms with Crippen LogP contribution >= 0.6 is 0 Å². The lowest BCUT2D eigenvalue weighted by molar-refractivity contribution is -0.115. The number of pyridine rings is 1. The number of carbonyl (C=O) groups is 1. The second kappa shape index (κ2) is 8.87. The lowest BCUT2D eigenvalue weighted by atomic mass is 10.1. The molecule has 10 nitrogen and oxygen atoms in total. The Morgan fingerprint density at radius 3 is 2.61 bits per heavy atom. The molecule has 0 saturated carbocycles. The van der Waals surface area contributed by atoms with Gasteiger partial charge >= 0.3 is 6.01 Å². The maximum atomic E-state index is 12.4. The molecule has 0 unspecified atom stereocenters. The Bertz CT molecular complexity index is 1410. The number of hydrogen-bond donors (Lipinski definition) is 1. The summed E-state index contributed by atoms with van der Waals surface area (Å²) in [6.07, 6.45) is 0.277. The van der Waals surface area contributed by atoms with Gasteiger partial charge < -0.3 is 10.1 Å². The summed E-state index contributed by atoms with van der Waals surface area (Å²) in [7, 11) is 1.75. The average molecular weight is 440 g/mol. The minimum Gasteiger partial charge on any atom is -0.458 e. The van der Waals surface area contributed by atoms with Crippen molar-refractivity contribution in [1.82, 2.24) is 34.7 Å². The summed E-state index contributed by atoms with van der Waals surface area (Å²) in [6, 6.07) is 22.9. The molecule has 164 valence electrons. The summed E-state index contributed by atoms with van der Waals surface area (Å²) in [5.74, 6) is 0.806. The number of ether oxygens (including phenoxy) is 1. The molecular weight excluding hydrogens is 420 g/mol. The second-order valence-corrected chi connectivity index (χ2v) is 7.33. The molecule has 5 aromatic rings. The van der Waals surface area contributed by atoms with Gasteiger partial charge in [-0.05, 0) is 40.3 Å². The van der Waals surface area contributed by atoms with Crippen molar-refractivity contribution in [3.63, 3.8) is 0 Å². The Labute approximate surface area is 188 Å². The smallest absolute Gasteiger partial charge is 0.305 e. The third kappa shape index (κ3) is 4.40. The summed E-state index contributed by atoms with van der Waals surface area (Å²) >= 11 is 0. The van der Waals surface area contributed by atoms with Crippen LogP contribution in [0.4, 0.5) is 5.82 Å². The molecule has 3 heterocycles. The lowest BCUT2D eigenvalue weighted by Crippen LogP contribution is -2.16. The third-order valence-electron chi connectivity index (χ3n) is 4.96. The fraction of sp³-hybridized carbons (Fsp3) is 0.130. The number of nitrogens with one attached hydrogen (secondary N) is 1. The largest absolute Gasteiger partial charge is 0.458 e. The molecule has 0 aliphatic carbocycles. The Morgan fingerprint density at radius 2 is 1.79 bits per heavy atom. The average Bonchev–Trinajstić information content (AvgIpc) is 3.41. The van der Waals surface area contributed by atoms with E-state index in [1.54, 1.807) is 22.4 Å². The standard InChI is InChI=1S/C23H20N8O2/c1-30-22(27-28-29-30)31-19-12-6-5-11-18(19)25-23(31)33-15-17-10-7-13-20(24-17)26-21(32)14-16-8-3-2-4-9-16/h2-13H,14-15H2,1H3,(H,24,26,32). The second-order valence-electron chi connectivity index (χ2n) is 7.33. The number of benzene rings is 2. The van der Waals surface area contributed by atoms with E-state index >= 15 is 0 Å². The van der Waals surface area contributed by atoms with E-state index in [2.05, 4.69) is 30.8 Å². The molecule has 0 radical (unpaired) electrons. The Morgan fingerprint density at radius 1 is 0.970 bits per heavy atom. The van der Waals surface area contributed by atoms with Gasteiger partial charge in [0.25, 0.3) is 5.95 Å². The topological polar surface area (TPSA) is 113 Å². The highest BCUT2D eigenvalue weighted by Crippen LogP contribution is 2.25. The summed E-state index contributed by atoms with van der Waals surface area (Å²) < 4.78 is 9.30. The Hall–Kier alpha value is -4.60. The molecular formula is C23H20N8O2. The van der Waals surface area contributed by atoms with E-state index < -0.39 is 0 Å². The van der Waals surface area contributed by atoms with Crippen LogP contribution < -0.4 is 10.1 Å². The Kier molecular flexibility index (Phi) is 5.46. The van der Waals surface area contributed by atoms with Crippen molar-refractivity contribution in [1.29, 1.82) is 0 Å². The van der Waals surface area contributed by atoms with E-state index in [1.807, 2.05) is 66.7 Å². The van der Waals surface area contributed by atoms with Gasteiger partial charge in [-0.25, -0.2) is 14.2 Å². The van der Waals surface area contributed by atoms with Gasteiger partial charge in [0.1, 0.15) is 12.4 Å². The van der Waals surface area contributed by atoms with E-state index in [-0.39, 0.29) is 18.9 Å². The predicted molar refractivity (Wildman–Crippen MR) is 121 cm³/mol. The van der Waals surface area contributed by atoms with Crippen LogP contribution in [0.15, 0.2) is 72.8 Å². The molecule has 1 N–H and O–H groups in total. The van der Waals surface area contributed by atoms with Crippen LogP contribution in [0.5, 0.6) is 6.01 Å². The molecule has 3 aromatic heterocycles. The molecule has 0 fully saturated rings. The number of nitrogens with zero attached hydrogens (tertiary/aromatic N) is 7. The lowest BCUT2D eigenvalue weighted by Gasteiger charge is -2.09. The van der Waals surface area contributed by atoms with E-state index in [4.69, 9.17) is 4.74 Å². The molecule has 0 aliphatic rings. The van der Waals surface area contributed by atoms with Gasteiger partial charge in [0.05, 0.1) is 23.1 Å². The van der Waals surface area contributed by atoms with Gasteiger partial charge in [-0.1, -0.05) is 53.6 Å². The van der Waals surface area contributed by atoms with Gasteiger partial charge in [-0.3, -0.25) is 4.79 Å². The molecule has 2 aromatic carbocycles. The molecule has 0 atom stereocenters. The first kappa shape index (κ1) is 20.3. The molecule has 0 spiro atoms. The summed E-state index contributed by atoms with van der Waals surface area (Å²) in [5, 5.41) is 14.5. The summed E-state index contributed by atoms with van der Waals surface area (Å²) in [4.78, 5) is 21.4. The van der Waals surface area contributed by atoms with Gasteiger partial charge in [0.15, 0.2) is 0 Å². The molecule has 10 heteroatoms. The fourth-order valence-corrected chi connectivity index (χ4v) is 3.44. The zero-order valence-electron chi connectivity index (χ0n) is 17.8. The normalized spacial score (nSPS) is 10.9. The number of fused-ring (bicyclic) bond motifs is 1. The van der Waals surface area contributed by atoms with Crippen LogP contribution in [0.25, 0.3) is 17.0 Å². The molecule has 33 heavy (non-hydrogen) atoms. The van der Waals surface area contributed by atoms with Crippen molar-refractivity contribution in [3.05, 3.63) is 84.1 Å². The number of aryl methyl sites for hydroxylation is 1. The van der Waals surface area contributed by atoms with Gasteiger partial charge in [0.2, 0.25) is 5.91 Å². The molecule has 1 amide bonds. The van der Waals surface area contributed by atoms with E-state index in [9.17, 15) is 4.79 Å². The van der Waals surface area contributed by atoms with E-state index in [1.165, 1.54) is 0 Å². The van der Waals surface area contributed by atoms with Gasteiger partial charge in [-0.15, -0.1) is 0 Å². The minimum atomic E-state index is -0.136. The highest BCUT2D eigenvalue weighted by Gasteiger charge is 2.18. The maximum Gasteiger partial charge on any atom is 0.305 e. The monoisotopic (exact) mass is 440 g/mol. The quantitative estimate of drug-likeness (QED) is 0.414. The van der Waals surface area contributed by atoms with Gasteiger partial charge in [-0.2, -0.15) is 4.98 Å². The van der Waals surface area contributed by atoms with Crippen molar-refractivity contribution < 1.29 is 9.53 Å². The van der Waals surface area contributed by atoms with Crippen LogP contribution in [0.1, 0.15) is 11.3 Å². The number of anilines is 1. The number of tetrazole rings is 1. The van der Waals surface area contributed by atoms with E-state index in [0.717, 1.165) is 16.6 Å². The highest BCUT2D eigenvalue weighted by molar-refractivity contribution is 5.91. The fourth-order valence-electron chi connectivity index (χ4n) is 3.44. The first-order chi connectivity index (χ1) is 16.2. The number of hydrogen-bond acceptors (Lipinski definition) is 7. The van der Waals surface area contributed by atoms with Crippen molar-refractivity contribution in [3.8, 4) is 12.0 Å². The third-order valence-corrected chi connectivity index (χ3v) is 4.96. The van der Waals surface area contributed by atoms with Crippen molar-refractivity contribution >= 4 is 22.8 Å². The minimum absolute atomic E-state index is 0.136. The molecule has 5 rings (SSSR count). The number of amides is 1. The number of para-hydroxylation sites is 2. The van der Waals surface area contributed by atoms with Crippen LogP contribution in [0.2, 0.25) is 0 Å². The number of imidazole rings is 1. The van der Waals surface area contributed by atoms with Crippen LogP contribution in [-0.4, -0.2) is 40.6 Å². The van der Waals surface area contributed by atoms with Crippen molar-refractivity contribution in [2.45, 2.75) is 13.0 Å². The Balaban J connectivity index is 1.33. The number of aromatic nitrogens is 7. The summed E-state index contributed by atoms with van der Waals surface area (Å²) in [6.45, 7) is 0.150. The summed E-state index contributed by atoms with van der Waals surface area (Å²) in [5.41, 5.74) is 3.15. The van der Waals surface area contributed by atoms with Crippen molar-refractivity contribution in [2.24, 2.45) is 7.05 Å². The number of carbonyl (C=O) groups excluding carboxylic acids is 1. The molecule has 0 aliphatic heterocycles. The molecule has 0 bridgehead atoms. The molecule has 0 saturated heterocycles. The predicted octanol–water partition coefficient (Wildman–Crippen LogP) is 2.70. The highest BCUT2D eigenvalue weighted by atomic mass is 16.5. The van der Waals surface area contributed by atoms with Crippen LogP contribution in [-0.2, 0) is 24.9 Å². The first-order valence-corrected chi connectivity index (χ1v) is 10.3. The first-order valence-electron chi connectivity index (χ1n) is 10.3. The maximum absolute atomic E-state index is 12.4. The van der Waals surface area contributed by atoms with Gasteiger partial charge in [0, 0.05) is 7.05 Å². The van der Waals surface area contributed by atoms with Crippen LogP contribution in [0.3, 0.4) is 0 Å². The van der Waals surface area contributed by atoms with Crippen molar-refractivity contribution in [2.75, 3.05) is 5.32 Å². The zero-order valence-corrected chi connectivity index (χ0v) is 17.8.